The van der Waals surface area contributed by atoms with Crippen LogP contribution < -0.4 is 4.74 Å². The third-order valence-corrected chi connectivity index (χ3v) is 3.58. The van der Waals surface area contributed by atoms with E-state index in [0.29, 0.717) is 11.3 Å². The highest BCUT2D eigenvalue weighted by atomic mass is 16.5. The van der Waals surface area contributed by atoms with Gasteiger partial charge in [0, 0.05) is 5.92 Å². The van der Waals surface area contributed by atoms with Gasteiger partial charge < -0.3 is 9.84 Å². The van der Waals surface area contributed by atoms with Crippen LogP contribution >= 0.6 is 0 Å². The molecule has 19 heavy (non-hydrogen) atoms. The van der Waals surface area contributed by atoms with E-state index in [2.05, 4.69) is 0 Å². The van der Waals surface area contributed by atoms with Crippen LogP contribution in [0.3, 0.4) is 0 Å². The molecule has 0 unspecified atom stereocenters. The molecule has 1 aromatic rings. The predicted molar refractivity (Wildman–Crippen MR) is 74.8 cm³/mol. The fourth-order valence-electron chi connectivity index (χ4n) is 2.64. The second-order valence-corrected chi connectivity index (χ2v) is 5.54. The van der Waals surface area contributed by atoms with E-state index in [4.69, 9.17) is 4.74 Å². The van der Waals surface area contributed by atoms with E-state index >= 15 is 0 Å². The maximum absolute atomic E-state index is 12.4. The molecule has 1 aliphatic carbocycles. The van der Waals surface area contributed by atoms with Crippen molar-refractivity contribution in [1.29, 1.82) is 0 Å². The number of ketones is 1. The molecular formula is C16H22O3. The Bertz CT molecular complexity index is 445. The fourth-order valence-corrected chi connectivity index (χ4v) is 2.64. The van der Waals surface area contributed by atoms with Gasteiger partial charge >= 0.3 is 0 Å². The maximum atomic E-state index is 12.4. The standard InChI is InChI=1S/C16H22O3/c1-11(2)19-13-8-9-15(17)14(10-13)16(18)12-6-4-3-5-7-12/h8-12,17H,3-7H2,1-2H3. The minimum atomic E-state index is 0.0576. The number of phenolic OH excluding ortho intramolecular Hbond substituents is 1. The van der Waals surface area contributed by atoms with Crippen molar-refractivity contribution in [3.63, 3.8) is 0 Å². The lowest BCUT2D eigenvalue weighted by atomic mass is 9.83. The molecule has 1 aromatic carbocycles. The van der Waals surface area contributed by atoms with Crippen LogP contribution in [0.1, 0.15) is 56.3 Å². The van der Waals surface area contributed by atoms with Gasteiger partial charge in [-0.2, -0.15) is 0 Å². The van der Waals surface area contributed by atoms with Crippen molar-refractivity contribution in [2.24, 2.45) is 5.92 Å². The zero-order valence-electron chi connectivity index (χ0n) is 11.7. The molecule has 1 saturated carbocycles. The van der Waals surface area contributed by atoms with Crippen molar-refractivity contribution < 1.29 is 14.6 Å². The Labute approximate surface area is 114 Å². The van der Waals surface area contributed by atoms with Gasteiger partial charge in [-0.25, -0.2) is 0 Å². The summed E-state index contributed by atoms with van der Waals surface area (Å²) < 4.78 is 5.58. The number of carbonyl (C=O) groups is 1. The average molecular weight is 262 g/mol. The van der Waals surface area contributed by atoms with Gasteiger partial charge in [-0.05, 0) is 44.9 Å². The molecule has 0 atom stereocenters. The van der Waals surface area contributed by atoms with Gasteiger partial charge in [0.1, 0.15) is 11.5 Å². The summed E-state index contributed by atoms with van der Waals surface area (Å²) >= 11 is 0. The highest BCUT2D eigenvalue weighted by Crippen LogP contribution is 2.31. The normalized spacial score (nSPS) is 16.6. The third-order valence-electron chi connectivity index (χ3n) is 3.58. The highest BCUT2D eigenvalue weighted by molar-refractivity contribution is 6.00. The molecule has 0 aromatic heterocycles. The number of Topliss-reactive ketones (excluding diaryl/α,β-unsaturated/α-hetero) is 1. The van der Waals surface area contributed by atoms with E-state index in [1.165, 1.54) is 6.42 Å². The zero-order valence-corrected chi connectivity index (χ0v) is 11.7. The Kier molecular flexibility index (Phi) is 4.46. The fraction of sp³-hybridized carbons (Fsp3) is 0.562. The van der Waals surface area contributed by atoms with Gasteiger partial charge in [-0.3, -0.25) is 4.79 Å². The summed E-state index contributed by atoms with van der Waals surface area (Å²) in [6.45, 7) is 3.88. The molecule has 0 saturated heterocycles. The molecule has 0 heterocycles. The number of phenols is 1. The average Bonchev–Trinajstić information content (AvgIpc) is 2.40. The summed E-state index contributed by atoms with van der Waals surface area (Å²) in [5, 5.41) is 9.89. The highest BCUT2D eigenvalue weighted by Gasteiger charge is 2.24. The van der Waals surface area contributed by atoms with E-state index in [9.17, 15) is 9.90 Å². The second kappa shape index (κ2) is 6.09. The summed E-state index contributed by atoms with van der Waals surface area (Å²) in [6.07, 6.45) is 5.37. The molecular weight excluding hydrogens is 240 g/mol. The molecule has 0 aliphatic heterocycles. The van der Waals surface area contributed by atoms with Crippen molar-refractivity contribution in [3.8, 4) is 11.5 Å². The molecule has 0 bridgehead atoms. The third kappa shape index (κ3) is 3.49. The topological polar surface area (TPSA) is 46.5 Å². The molecule has 0 amide bonds. The molecule has 104 valence electrons. The monoisotopic (exact) mass is 262 g/mol. The lowest BCUT2D eigenvalue weighted by Crippen LogP contribution is -2.18. The minimum absolute atomic E-state index is 0.0576. The van der Waals surface area contributed by atoms with E-state index in [1.54, 1.807) is 18.2 Å². The number of benzene rings is 1. The van der Waals surface area contributed by atoms with Gasteiger partial charge in [0.05, 0.1) is 11.7 Å². The Balaban J connectivity index is 2.19. The Morgan fingerprint density at radius 3 is 2.58 bits per heavy atom. The van der Waals surface area contributed by atoms with Crippen molar-refractivity contribution in [1.82, 2.24) is 0 Å². The first-order valence-corrected chi connectivity index (χ1v) is 7.12. The summed E-state index contributed by atoms with van der Waals surface area (Å²) in [5.74, 6) is 0.832. The Morgan fingerprint density at radius 1 is 1.26 bits per heavy atom. The van der Waals surface area contributed by atoms with E-state index in [0.717, 1.165) is 25.7 Å². The van der Waals surface area contributed by atoms with Crippen LogP contribution in [0, 0.1) is 5.92 Å². The number of aromatic hydroxyl groups is 1. The van der Waals surface area contributed by atoms with Crippen molar-refractivity contribution in [2.45, 2.75) is 52.1 Å². The first kappa shape index (κ1) is 13.9. The molecule has 3 heteroatoms. The molecule has 1 fully saturated rings. The van der Waals surface area contributed by atoms with E-state index < -0.39 is 0 Å². The maximum Gasteiger partial charge on any atom is 0.169 e. The number of carbonyl (C=O) groups excluding carboxylic acids is 1. The first-order chi connectivity index (χ1) is 9.08. The smallest absolute Gasteiger partial charge is 0.169 e. The van der Waals surface area contributed by atoms with Gasteiger partial charge in [-0.1, -0.05) is 19.3 Å². The number of rotatable bonds is 4. The summed E-state index contributed by atoms with van der Waals surface area (Å²) in [7, 11) is 0. The SMILES string of the molecule is CC(C)Oc1ccc(O)c(C(=O)C2CCCCC2)c1. The predicted octanol–water partition coefficient (Wildman–Crippen LogP) is 3.94. The molecule has 0 spiro atoms. The van der Waals surface area contributed by atoms with Gasteiger partial charge in [0.15, 0.2) is 5.78 Å². The van der Waals surface area contributed by atoms with Crippen LogP contribution in [0.2, 0.25) is 0 Å². The molecule has 0 radical (unpaired) electrons. The minimum Gasteiger partial charge on any atom is -0.507 e. The lowest BCUT2D eigenvalue weighted by molar-refractivity contribution is 0.0886. The Hall–Kier alpha value is -1.51. The van der Waals surface area contributed by atoms with Crippen molar-refractivity contribution in [3.05, 3.63) is 23.8 Å². The van der Waals surface area contributed by atoms with Crippen LogP contribution in [0.15, 0.2) is 18.2 Å². The molecule has 3 nitrogen and oxygen atoms in total. The second-order valence-electron chi connectivity index (χ2n) is 5.54. The number of hydrogen-bond donors (Lipinski definition) is 1. The largest absolute Gasteiger partial charge is 0.507 e. The van der Waals surface area contributed by atoms with Crippen LogP contribution in [0.4, 0.5) is 0 Å². The van der Waals surface area contributed by atoms with Crippen molar-refractivity contribution >= 4 is 5.78 Å². The molecule has 1 aliphatic rings. The van der Waals surface area contributed by atoms with E-state index in [1.807, 2.05) is 13.8 Å². The summed E-state index contributed by atoms with van der Waals surface area (Å²) in [4.78, 5) is 12.4. The Morgan fingerprint density at radius 2 is 1.95 bits per heavy atom. The van der Waals surface area contributed by atoms with Gasteiger partial charge in [0.25, 0.3) is 0 Å². The van der Waals surface area contributed by atoms with Crippen LogP contribution in [0.25, 0.3) is 0 Å². The molecule has 1 N–H and O–H groups in total. The van der Waals surface area contributed by atoms with Crippen LogP contribution in [-0.2, 0) is 0 Å². The number of ether oxygens (including phenoxy) is 1. The van der Waals surface area contributed by atoms with Gasteiger partial charge in [-0.15, -0.1) is 0 Å². The van der Waals surface area contributed by atoms with Crippen LogP contribution in [-0.4, -0.2) is 17.0 Å². The quantitative estimate of drug-likeness (QED) is 0.836. The van der Waals surface area contributed by atoms with Crippen LogP contribution in [0.5, 0.6) is 11.5 Å². The summed E-state index contributed by atoms with van der Waals surface area (Å²) in [6, 6.07) is 4.92. The van der Waals surface area contributed by atoms with Gasteiger partial charge in [0.2, 0.25) is 0 Å². The lowest BCUT2D eigenvalue weighted by Gasteiger charge is -2.21. The summed E-state index contributed by atoms with van der Waals surface area (Å²) in [5.41, 5.74) is 0.407. The van der Waals surface area contributed by atoms with E-state index in [-0.39, 0.29) is 23.6 Å². The van der Waals surface area contributed by atoms with Crippen molar-refractivity contribution in [2.75, 3.05) is 0 Å². The number of hydrogen-bond acceptors (Lipinski definition) is 3. The molecule has 2 rings (SSSR count). The first-order valence-electron chi connectivity index (χ1n) is 7.12. The zero-order chi connectivity index (χ0) is 13.8.